The van der Waals surface area contributed by atoms with Gasteiger partial charge in [-0.05, 0) is 42.7 Å². The molecule has 0 unspecified atom stereocenters. The van der Waals surface area contributed by atoms with Crippen molar-refractivity contribution in [2.24, 2.45) is 0 Å². The highest BCUT2D eigenvalue weighted by Gasteiger charge is 2.21. The number of benzene rings is 2. The molecular weight excluding hydrogens is 392 g/mol. The molecule has 31 heavy (non-hydrogen) atoms. The fourth-order valence-corrected chi connectivity index (χ4v) is 3.81. The van der Waals surface area contributed by atoms with Crippen LogP contribution in [0, 0.1) is 13.8 Å². The Balaban J connectivity index is 1.60. The van der Waals surface area contributed by atoms with Crippen LogP contribution in [0.3, 0.4) is 0 Å². The number of hydrogen-bond donors (Lipinski definition) is 1. The second kappa shape index (κ2) is 9.22. The van der Waals surface area contributed by atoms with E-state index in [1.807, 2.05) is 62.5 Å². The maximum absolute atomic E-state index is 12.8. The van der Waals surface area contributed by atoms with Gasteiger partial charge in [-0.2, -0.15) is 5.10 Å². The molecule has 0 bridgehead atoms. The summed E-state index contributed by atoms with van der Waals surface area (Å²) >= 11 is 0. The second-order valence-corrected chi connectivity index (χ2v) is 7.71. The number of anilines is 2. The van der Waals surface area contributed by atoms with E-state index in [0.717, 1.165) is 52.6 Å². The minimum Gasteiger partial charge on any atom is -0.497 e. The standard InChI is InChI=1S/C24H28N4O3/c1-17-5-4-6-18(2)23(17)25-22(29)16-28-15-21(19-7-9-20(30-3)10-8-19)24(26-28)27-11-13-31-14-12-27/h4-10,15H,11-14,16H2,1-3H3,(H,25,29). The molecule has 1 fully saturated rings. The smallest absolute Gasteiger partial charge is 0.246 e. The summed E-state index contributed by atoms with van der Waals surface area (Å²) in [6.07, 6.45) is 1.94. The number of amides is 1. The predicted molar refractivity (Wildman–Crippen MR) is 122 cm³/mol. The molecule has 162 valence electrons. The van der Waals surface area contributed by atoms with Gasteiger partial charge in [-0.25, -0.2) is 0 Å². The van der Waals surface area contributed by atoms with Gasteiger partial charge in [-0.3, -0.25) is 9.48 Å². The van der Waals surface area contributed by atoms with E-state index in [-0.39, 0.29) is 12.5 Å². The Morgan fingerprint density at radius 2 is 1.77 bits per heavy atom. The molecule has 3 aromatic rings. The Hall–Kier alpha value is -3.32. The fraction of sp³-hybridized carbons (Fsp3) is 0.333. The summed E-state index contributed by atoms with van der Waals surface area (Å²) in [5, 5.41) is 7.81. The van der Waals surface area contributed by atoms with E-state index in [4.69, 9.17) is 14.6 Å². The van der Waals surface area contributed by atoms with Crippen molar-refractivity contribution in [3.05, 3.63) is 59.8 Å². The van der Waals surface area contributed by atoms with Crippen LogP contribution in [0.5, 0.6) is 5.75 Å². The van der Waals surface area contributed by atoms with Crippen molar-refractivity contribution in [3.63, 3.8) is 0 Å². The monoisotopic (exact) mass is 420 g/mol. The third-order valence-electron chi connectivity index (χ3n) is 5.50. The molecule has 2 aromatic carbocycles. The summed E-state index contributed by atoms with van der Waals surface area (Å²) in [5.41, 5.74) is 4.97. The minimum atomic E-state index is -0.102. The molecule has 7 heteroatoms. The molecule has 1 aromatic heterocycles. The first-order valence-corrected chi connectivity index (χ1v) is 10.5. The van der Waals surface area contributed by atoms with Crippen molar-refractivity contribution < 1.29 is 14.3 Å². The van der Waals surface area contributed by atoms with Gasteiger partial charge in [0.15, 0.2) is 5.82 Å². The molecule has 1 saturated heterocycles. The normalized spacial score (nSPS) is 13.8. The molecule has 4 rings (SSSR count). The zero-order valence-electron chi connectivity index (χ0n) is 18.2. The van der Waals surface area contributed by atoms with Gasteiger partial charge >= 0.3 is 0 Å². The largest absolute Gasteiger partial charge is 0.497 e. The van der Waals surface area contributed by atoms with E-state index < -0.39 is 0 Å². The van der Waals surface area contributed by atoms with Gasteiger partial charge in [0, 0.05) is 30.5 Å². The lowest BCUT2D eigenvalue weighted by Gasteiger charge is -2.27. The van der Waals surface area contributed by atoms with Crippen LogP contribution < -0.4 is 15.0 Å². The van der Waals surface area contributed by atoms with Crippen molar-refractivity contribution >= 4 is 17.4 Å². The maximum atomic E-state index is 12.8. The van der Waals surface area contributed by atoms with Crippen LogP contribution in [0.25, 0.3) is 11.1 Å². The van der Waals surface area contributed by atoms with Crippen LogP contribution >= 0.6 is 0 Å². The Bertz CT molecular complexity index is 1030. The summed E-state index contributed by atoms with van der Waals surface area (Å²) in [4.78, 5) is 15.0. The quantitative estimate of drug-likeness (QED) is 0.659. The number of aryl methyl sites for hydroxylation is 2. The van der Waals surface area contributed by atoms with Gasteiger partial charge in [0.05, 0.1) is 20.3 Å². The van der Waals surface area contributed by atoms with Crippen LogP contribution in [0.15, 0.2) is 48.7 Å². The number of morpholine rings is 1. The van der Waals surface area contributed by atoms with Gasteiger partial charge in [-0.15, -0.1) is 0 Å². The number of carbonyl (C=O) groups excluding carboxylic acids is 1. The third kappa shape index (κ3) is 4.72. The van der Waals surface area contributed by atoms with Crippen LogP contribution in [-0.4, -0.2) is 49.1 Å². The van der Waals surface area contributed by atoms with Crippen molar-refractivity contribution in [2.45, 2.75) is 20.4 Å². The molecule has 1 aliphatic rings. The Morgan fingerprint density at radius 1 is 1.10 bits per heavy atom. The van der Waals surface area contributed by atoms with Gasteiger partial charge in [0.1, 0.15) is 12.3 Å². The van der Waals surface area contributed by atoms with Crippen LogP contribution in [-0.2, 0) is 16.1 Å². The van der Waals surface area contributed by atoms with Gasteiger partial charge in [0.2, 0.25) is 5.91 Å². The molecule has 0 radical (unpaired) electrons. The number of para-hydroxylation sites is 1. The predicted octanol–water partition coefficient (Wildman–Crippen LogP) is 3.65. The van der Waals surface area contributed by atoms with E-state index in [2.05, 4.69) is 10.2 Å². The molecule has 2 heterocycles. The van der Waals surface area contributed by atoms with E-state index >= 15 is 0 Å². The first-order chi connectivity index (χ1) is 15.0. The molecule has 0 aliphatic carbocycles. The molecule has 0 saturated carbocycles. The Morgan fingerprint density at radius 3 is 2.42 bits per heavy atom. The maximum Gasteiger partial charge on any atom is 0.246 e. The lowest BCUT2D eigenvalue weighted by Crippen LogP contribution is -2.36. The van der Waals surface area contributed by atoms with Gasteiger partial charge in [-0.1, -0.05) is 30.3 Å². The Kier molecular flexibility index (Phi) is 6.23. The molecule has 1 N–H and O–H groups in total. The first-order valence-electron chi connectivity index (χ1n) is 10.5. The van der Waals surface area contributed by atoms with Crippen molar-refractivity contribution in [3.8, 4) is 16.9 Å². The zero-order valence-corrected chi connectivity index (χ0v) is 18.2. The summed E-state index contributed by atoms with van der Waals surface area (Å²) in [7, 11) is 1.65. The van der Waals surface area contributed by atoms with Crippen molar-refractivity contribution in [2.75, 3.05) is 43.6 Å². The minimum absolute atomic E-state index is 0.102. The van der Waals surface area contributed by atoms with Crippen LogP contribution in [0.4, 0.5) is 11.5 Å². The van der Waals surface area contributed by atoms with Crippen LogP contribution in [0.2, 0.25) is 0 Å². The van der Waals surface area contributed by atoms with Gasteiger partial charge in [0.25, 0.3) is 0 Å². The number of nitrogens with zero attached hydrogens (tertiary/aromatic N) is 3. The zero-order chi connectivity index (χ0) is 21.8. The van der Waals surface area contributed by atoms with Crippen LogP contribution in [0.1, 0.15) is 11.1 Å². The second-order valence-electron chi connectivity index (χ2n) is 7.71. The van der Waals surface area contributed by atoms with Crippen molar-refractivity contribution in [1.82, 2.24) is 9.78 Å². The average molecular weight is 421 g/mol. The summed E-state index contributed by atoms with van der Waals surface area (Å²) in [6, 6.07) is 13.9. The highest BCUT2D eigenvalue weighted by atomic mass is 16.5. The molecule has 1 amide bonds. The average Bonchev–Trinajstić information content (AvgIpc) is 3.20. The number of nitrogens with one attached hydrogen (secondary N) is 1. The SMILES string of the molecule is COc1ccc(-c2cn(CC(=O)Nc3c(C)cccc3C)nc2N2CCOCC2)cc1. The molecule has 0 atom stereocenters. The molecule has 0 spiro atoms. The van der Waals surface area contributed by atoms with E-state index in [0.29, 0.717) is 13.2 Å². The number of carbonyl (C=O) groups is 1. The summed E-state index contributed by atoms with van der Waals surface area (Å²) in [6.45, 7) is 7.01. The lowest BCUT2D eigenvalue weighted by molar-refractivity contribution is -0.116. The molecule has 1 aliphatic heterocycles. The number of hydrogen-bond acceptors (Lipinski definition) is 5. The first kappa shape index (κ1) is 20.9. The van der Waals surface area contributed by atoms with E-state index in [1.54, 1.807) is 11.8 Å². The number of methoxy groups -OCH3 is 1. The molecular formula is C24H28N4O3. The highest BCUT2D eigenvalue weighted by Crippen LogP contribution is 2.31. The van der Waals surface area contributed by atoms with Gasteiger partial charge < -0.3 is 19.7 Å². The highest BCUT2D eigenvalue weighted by molar-refractivity contribution is 5.92. The number of rotatable bonds is 6. The lowest BCUT2D eigenvalue weighted by atomic mass is 10.1. The topological polar surface area (TPSA) is 68.6 Å². The fourth-order valence-electron chi connectivity index (χ4n) is 3.81. The molecule has 7 nitrogen and oxygen atoms in total. The van der Waals surface area contributed by atoms with E-state index in [9.17, 15) is 4.79 Å². The Labute approximate surface area is 182 Å². The van der Waals surface area contributed by atoms with E-state index in [1.165, 1.54) is 0 Å². The number of ether oxygens (including phenoxy) is 2. The number of aromatic nitrogens is 2. The summed E-state index contributed by atoms with van der Waals surface area (Å²) < 4.78 is 12.5. The summed E-state index contributed by atoms with van der Waals surface area (Å²) in [5.74, 6) is 1.57. The van der Waals surface area contributed by atoms with Crippen molar-refractivity contribution in [1.29, 1.82) is 0 Å². The third-order valence-corrected chi connectivity index (χ3v) is 5.50.